The average Bonchev–Trinajstić information content (AvgIpc) is 3.59. The molecule has 0 saturated carbocycles. The van der Waals surface area contributed by atoms with Crippen molar-refractivity contribution in [2.45, 2.75) is 0 Å². The van der Waals surface area contributed by atoms with E-state index in [1.807, 2.05) is 12.1 Å². The predicted molar refractivity (Wildman–Crippen MR) is 218 cm³/mol. The maximum atomic E-state index is 6.57. The molecule has 8 aromatic carbocycles. The number of hydrogen-bond acceptors (Lipinski definition) is 3. The Morgan fingerprint density at radius 2 is 0.865 bits per heavy atom. The first-order chi connectivity index (χ1) is 25.8. The van der Waals surface area contributed by atoms with Gasteiger partial charge in [0, 0.05) is 33.9 Å². The van der Waals surface area contributed by atoms with Crippen LogP contribution in [0.25, 0.3) is 33.1 Å². The van der Waals surface area contributed by atoms with E-state index in [1.54, 1.807) is 0 Å². The number of hydrogen-bond donors (Lipinski definition) is 0. The summed E-state index contributed by atoms with van der Waals surface area (Å²) in [7, 11) is -2.75. The van der Waals surface area contributed by atoms with Crippen LogP contribution in [0.15, 0.2) is 205 Å². The Balaban J connectivity index is 1.15. The highest BCUT2D eigenvalue weighted by atomic mass is 28.3. The number of anilines is 3. The molecular weight excluding hydrogens is 651 g/mol. The molecule has 3 nitrogen and oxygen atoms in total. The van der Waals surface area contributed by atoms with E-state index in [0.29, 0.717) is 0 Å². The van der Waals surface area contributed by atoms with E-state index in [2.05, 4.69) is 193 Å². The summed E-state index contributed by atoms with van der Waals surface area (Å²) in [5.74, 6) is 1.86. The van der Waals surface area contributed by atoms with Crippen molar-refractivity contribution in [3.05, 3.63) is 200 Å². The molecule has 52 heavy (non-hydrogen) atoms. The lowest BCUT2D eigenvalue weighted by Crippen LogP contribution is -2.76. The minimum absolute atomic E-state index is 0.868. The maximum absolute atomic E-state index is 6.57. The summed E-state index contributed by atoms with van der Waals surface area (Å²) in [5, 5.41) is 7.39. The lowest BCUT2D eigenvalue weighted by Gasteiger charge is -2.39. The zero-order valence-corrected chi connectivity index (χ0v) is 29.3. The van der Waals surface area contributed by atoms with Gasteiger partial charge in [-0.1, -0.05) is 140 Å². The monoisotopic (exact) mass is 683 g/mol. The van der Waals surface area contributed by atoms with Crippen LogP contribution in [0.3, 0.4) is 0 Å². The molecule has 0 radical (unpaired) electrons. The lowest BCUT2D eigenvalue weighted by atomic mass is 10.0. The Morgan fingerprint density at radius 3 is 1.56 bits per heavy atom. The van der Waals surface area contributed by atoms with Crippen molar-refractivity contribution in [1.82, 2.24) is 0 Å². The first kappa shape index (κ1) is 30.2. The molecule has 0 aliphatic carbocycles. The van der Waals surface area contributed by atoms with E-state index in [9.17, 15) is 0 Å². The van der Waals surface area contributed by atoms with E-state index < -0.39 is 8.07 Å². The van der Waals surface area contributed by atoms with Crippen LogP contribution in [-0.4, -0.2) is 8.07 Å². The molecule has 0 fully saturated rings. The van der Waals surface area contributed by atoms with Gasteiger partial charge in [0.05, 0.1) is 0 Å². The molecule has 0 saturated heterocycles. The molecule has 246 valence electrons. The Kier molecular flexibility index (Phi) is 7.15. The molecule has 9 aromatic rings. The minimum atomic E-state index is -2.75. The van der Waals surface area contributed by atoms with Crippen LogP contribution in [-0.2, 0) is 0 Å². The molecule has 0 bridgehead atoms. The van der Waals surface area contributed by atoms with Gasteiger partial charge >= 0.3 is 0 Å². The fraction of sp³-hybridized carbons (Fsp3) is 0. The van der Waals surface area contributed by atoms with Crippen molar-refractivity contribution in [1.29, 1.82) is 0 Å². The highest BCUT2D eigenvalue weighted by Gasteiger charge is 2.47. The van der Waals surface area contributed by atoms with Crippen molar-refractivity contribution < 1.29 is 9.15 Å². The minimum Gasteiger partial charge on any atom is -0.458 e. The Labute approximate surface area is 303 Å². The smallest absolute Gasteiger partial charge is 0.188 e. The molecule has 0 spiro atoms. The predicted octanol–water partition coefficient (Wildman–Crippen LogP) is 10.2. The van der Waals surface area contributed by atoms with Gasteiger partial charge in [0.2, 0.25) is 0 Å². The van der Waals surface area contributed by atoms with Gasteiger partial charge in [-0.05, 0) is 86.5 Å². The summed E-state index contributed by atoms with van der Waals surface area (Å²) in [6.45, 7) is 0. The summed E-state index contributed by atoms with van der Waals surface area (Å²) in [6, 6.07) is 71.6. The fourth-order valence-electron chi connectivity index (χ4n) is 8.07. The summed E-state index contributed by atoms with van der Waals surface area (Å²) in [6.07, 6.45) is 0. The fourth-order valence-corrected chi connectivity index (χ4v) is 13.0. The van der Waals surface area contributed by atoms with Gasteiger partial charge < -0.3 is 14.1 Å². The SMILES string of the molecule is c1ccc(-c2ccc(N(c3ccc([Si]4(c5ccccc5)c5ccccc5Oc5ccccc54)cc3)c3ccc4c(c3)oc3ccccc34)cc2)cc1. The summed E-state index contributed by atoms with van der Waals surface area (Å²) < 4.78 is 13.0. The van der Waals surface area contributed by atoms with Gasteiger partial charge in [-0.2, -0.15) is 0 Å². The molecule has 0 amide bonds. The van der Waals surface area contributed by atoms with Crippen molar-refractivity contribution in [3.8, 4) is 22.6 Å². The van der Waals surface area contributed by atoms with Crippen LogP contribution in [0.1, 0.15) is 0 Å². The third-order valence-electron chi connectivity index (χ3n) is 10.4. The second-order valence-electron chi connectivity index (χ2n) is 13.3. The van der Waals surface area contributed by atoms with Crippen LogP contribution in [0.4, 0.5) is 17.1 Å². The molecule has 0 atom stereocenters. The number of benzene rings is 8. The van der Waals surface area contributed by atoms with Gasteiger partial charge in [-0.25, -0.2) is 0 Å². The standard InChI is InChI=1S/C48H33NO2Si/c1-3-13-34(14-4-1)35-23-25-36(26-24-35)49(38-29-32-42-41-17-7-8-18-43(41)50-46(42)33-38)37-27-30-40(31-28-37)52(39-15-5-2-6-16-39)47-21-11-9-19-44(47)51-45-20-10-12-22-48(45)52/h1-33H. The van der Waals surface area contributed by atoms with Gasteiger partial charge in [0.15, 0.2) is 8.07 Å². The Bertz CT molecular complexity index is 2660. The van der Waals surface area contributed by atoms with Crippen LogP contribution in [0, 0.1) is 0 Å². The zero-order chi connectivity index (χ0) is 34.5. The van der Waals surface area contributed by atoms with E-state index in [-0.39, 0.29) is 0 Å². The number of rotatable bonds is 6. The average molecular weight is 684 g/mol. The Hall–Kier alpha value is -6.62. The highest BCUT2D eigenvalue weighted by molar-refractivity contribution is 7.20. The molecular formula is C48H33NO2Si. The van der Waals surface area contributed by atoms with E-state index >= 15 is 0 Å². The zero-order valence-electron chi connectivity index (χ0n) is 28.3. The van der Waals surface area contributed by atoms with Crippen LogP contribution >= 0.6 is 0 Å². The van der Waals surface area contributed by atoms with Crippen LogP contribution in [0.5, 0.6) is 11.5 Å². The van der Waals surface area contributed by atoms with Gasteiger partial charge in [0.25, 0.3) is 0 Å². The molecule has 1 aromatic heterocycles. The van der Waals surface area contributed by atoms with Gasteiger partial charge in [-0.3, -0.25) is 0 Å². The first-order valence-electron chi connectivity index (χ1n) is 17.7. The number of ether oxygens (including phenoxy) is 1. The normalized spacial score (nSPS) is 12.9. The van der Waals surface area contributed by atoms with Gasteiger partial charge in [-0.15, -0.1) is 0 Å². The van der Waals surface area contributed by atoms with E-state index in [4.69, 9.17) is 9.15 Å². The van der Waals surface area contributed by atoms with Crippen molar-refractivity contribution >= 4 is 67.8 Å². The van der Waals surface area contributed by atoms with E-state index in [1.165, 1.54) is 31.9 Å². The number of para-hydroxylation sites is 3. The molecule has 10 rings (SSSR count). The first-order valence-corrected chi connectivity index (χ1v) is 19.7. The third-order valence-corrected chi connectivity index (χ3v) is 15.3. The third kappa shape index (κ3) is 4.80. The van der Waals surface area contributed by atoms with Crippen LogP contribution in [0.2, 0.25) is 0 Å². The summed E-state index contributed by atoms with van der Waals surface area (Å²) >= 11 is 0. The molecule has 1 aliphatic heterocycles. The summed E-state index contributed by atoms with van der Waals surface area (Å²) in [5.41, 5.74) is 7.31. The number of fused-ring (bicyclic) bond motifs is 5. The Morgan fingerprint density at radius 1 is 0.365 bits per heavy atom. The second-order valence-corrected chi connectivity index (χ2v) is 17.0. The molecule has 4 heteroatoms. The second kappa shape index (κ2) is 12.3. The molecule has 0 N–H and O–H groups in total. The summed E-state index contributed by atoms with van der Waals surface area (Å²) in [4.78, 5) is 2.33. The van der Waals surface area contributed by atoms with Gasteiger partial charge in [0.1, 0.15) is 22.7 Å². The topological polar surface area (TPSA) is 25.6 Å². The van der Waals surface area contributed by atoms with Crippen molar-refractivity contribution in [2.75, 3.05) is 4.90 Å². The number of nitrogens with zero attached hydrogens (tertiary/aromatic N) is 1. The number of furan rings is 1. The molecule has 2 heterocycles. The van der Waals surface area contributed by atoms with Crippen molar-refractivity contribution in [2.24, 2.45) is 0 Å². The maximum Gasteiger partial charge on any atom is 0.188 e. The highest BCUT2D eigenvalue weighted by Crippen LogP contribution is 2.39. The quantitative estimate of drug-likeness (QED) is 0.163. The van der Waals surface area contributed by atoms with E-state index in [0.717, 1.165) is 50.5 Å². The largest absolute Gasteiger partial charge is 0.458 e. The molecule has 1 aliphatic rings. The van der Waals surface area contributed by atoms with Crippen molar-refractivity contribution in [3.63, 3.8) is 0 Å². The van der Waals surface area contributed by atoms with Crippen LogP contribution < -0.4 is 30.4 Å². The molecule has 0 unspecified atom stereocenters. The lowest BCUT2D eigenvalue weighted by molar-refractivity contribution is 0.487.